The first-order valence-electron chi connectivity index (χ1n) is 23.6. The van der Waals surface area contributed by atoms with Gasteiger partial charge in [-0.3, -0.25) is 47.5 Å². The number of pyridine rings is 2. The third-order valence-electron chi connectivity index (χ3n) is 11.4. The van der Waals surface area contributed by atoms with Crippen molar-refractivity contribution in [3.8, 4) is 22.5 Å². The van der Waals surface area contributed by atoms with Crippen LogP contribution in [0.5, 0.6) is 0 Å². The number of H-pyrrole nitrogens is 1. The molecule has 2 amide bonds. The van der Waals surface area contributed by atoms with E-state index >= 15 is 0 Å². The number of hydrogen-bond donors (Lipinski definition) is 3. The molecule has 0 saturated carbocycles. The van der Waals surface area contributed by atoms with E-state index in [4.69, 9.17) is 0 Å². The van der Waals surface area contributed by atoms with Crippen LogP contribution in [0.4, 0.5) is 38.0 Å². The van der Waals surface area contributed by atoms with Crippen LogP contribution in [0.1, 0.15) is 77.1 Å². The van der Waals surface area contributed by atoms with Gasteiger partial charge in [0.15, 0.2) is 28.1 Å². The minimum absolute atomic E-state index is 0.0346. The zero-order valence-electron chi connectivity index (χ0n) is 42.6. The molecule has 0 aliphatic rings. The largest absolute Gasteiger partial charge is 0.451 e. The highest BCUT2D eigenvalue weighted by molar-refractivity contribution is 9.09. The van der Waals surface area contributed by atoms with Crippen molar-refractivity contribution in [2.24, 2.45) is 14.1 Å². The molecule has 0 unspecified atom stereocenters. The summed E-state index contributed by atoms with van der Waals surface area (Å²) in [5.74, 6) is -3.48. The van der Waals surface area contributed by atoms with Crippen molar-refractivity contribution in [2.45, 2.75) is 84.4 Å². The zero-order valence-corrected chi connectivity index (χ0v) is 44.1. The Labute approximate surface area is 449 Å². The number of imidazole rings is 2. The SMILES string of the molecule is CCCC(=O)CBr.CCCC(=O)Cn1c(=O)c2c(ncn2[C@@H](C)C(=O)Nc2cccc(-c3cnc(C(F)(F)F)nc3)n2)n(C)c1=O.C[C@@H](C(=O)Nc1cccc(-c2cnc(C(F)(F)F)nc2)n1)n1cnc2c1c(=O)[nH]c(=O)n2C. The number of rotatable bonds is 15. The van der Waals surface area contributed by atoms with Crippen LogP contribution in [0, 0.1) is 0 Å². The summed E-state index contributed by atoms with van der Waals surface area (Å²) in [4.78, 5) is 130. The summed E-state index contributed by atoms with van der Waals surface area (Å²) in [6.45, 7) is 6.43. The lowest BCUT2D eigenvalue weighted by Crippen LogP contribution is -2.41. The molecular formula is C48H47BrF6N16O8. The average Bonchev–Trinajstić information content (AvgIpc) is 4.20. The Morgan fingerprint density at radius 2 is 1.06 bits per heavy atom. The quantitative estimate of drug-likeness (QED) is 0.0833. The van der Waals surface area contributed by atoms with E-state index in [9.17, 15) is 64.7 Å². The van der Waals surface area contributed by atoms with Gasteiger partial charge in [-0.2, -0.15) is 26.3 Å². The number of Topliss-reactive ketones (excluding diaryl/α,β-unsaturated/α-hetero) is 2. The predicted molar refractivity (Wildman–Crippen MR) is 276 cm³/mol. The number of alkyl halides is 7. The fraction of sp³-hybridized carbons (Fsp3) is 0.333. The van der Waals surface area contributed by atoms with E-state index in [0.29, 0.717) is 24.0 Å². The second-order valence-corrected chi connectivity index (χ2v) is 17.7. The van der Waals surface area contributed by atoms with Crippen molar-refractivity contribution in [2.75, 3.05) is 16.0 Å². The molecule has 3 N–H and O–H groups in total. The van der Waals surface area contributed by atoms with Gasteiger partial charge in [0, 0.05) is 62.9 Å². The van der Waals surface area contributed by atoms with Gasteiger partial charge in [-0.25, -0.2) is 49.5 Å². The number of amides is 2. The minimum Gasteiger partial charge on any atom is -0.312 e. The Balaban J connectivity index is 0.000000230. The molecule has 31 heteroatoms. The second-order valence-electron chi connectivity index (χ2n) is 17.1. The molecule has 0 radical (unpaired) electrons. The number of anilines is 2. The molecule has 0 aromatic carbocycles. The van der Waals surface area contributed by atoms with E-state index in [0.717, 1.165) is 44.9 Å². The van der Waals surface area contributed by atoms with E-state index in [1.165, 1.54) is 80.1 Å². The van der Waals surface area contributed by atoms with Crippen molar-refractivity contribution < 1.29 is 45.5 Å². The van der Waals surface area contributed by atoms with Crippen LogP contribution in [-0.4, -0.2) is 96.4 Å². The van der Waals surface area contributed by atoms with E-state index in [2.05, 4.69) is 71.4 Å². The summed E-state index contributed by atoms with van der Waals surface area (Å²) in [6, 6.07) is 7.17. The monoisotopic (exact) mass is 1170 g/mol. The molecule has 416 valence electrons. The zero-order chi connectivity index (χ0) is 58.1. The van der Waals surface area contributed by atoms with E-state index < -0.39 is 76.9 Å². The smallest absolute Gasteiger partial charge is 0.312 e. The second kappa shape index (κ2) is 25.1. The first kappa shape index (κ1) is 59.3. The molecule has 0 fully saturated rings. The van der Waals surface area contributed by atoms with Crippen LogP contribution >= 0.6 is 15.9 Å². The summed E-state index contributed by atoms with van der Waals surface area (Å²) in [7, 11) is 2.84. The number of nitrogens with one attached hydrogen (secondary N) is 3. The standard InChI is InChI=1S/C24H23F3N8O4.C19H15F3N8O3.C5H9BrO/c1-4-6-15(36)11-34-21(38)18-19(33(3)23(34)39)30-12-35(18)13(2)20(37)32-17-8-5-7-16(31-17)14-9-28-22(29-10-14)24(25,26)27;1-9(30-8-25-14-13(30)16(32)28-18(33)29(14)2)15(31)27-12-5-3-4-11(26-12)10-6-23-17(24-7-10)19(20,21)22;1-2-3-5(7)4-6/h5,7-10,12-13H,4,6,11H2,1-3H3,(H,31,32,37);3-9H,1-2H3,(H,26,27,31)(H,28,32,33);2-4H2,1H3/t13-;9-;/m00./s1. The van der Waals surface area contributed by atoms with Gasteiger partial charge < -0.3 is 19.8 Å². The molecule has 8 aromatic rings. The Morgan fingerprint density at radius 3 is 1.48 bits per heavy atom. The van der Waals surface area contributed by atoms with Crippen molar-refractivity contribution in [3.63, 3.8) is 0 Å². The Morgan fingerprint density at radius 1 is 0.633 bits per heavy atom. The molecule has 8 rings (SSSR count). The Bertz CT molecular complexity index is 3800. The predicted octanol–water partition coefficient (Wildman–Crippen LogP) is 5.58. The van der Waals surface area contributed by atoms with Gasteiger partial charge in [-0.1, -0.05) is 41.9 Å². The molecule has 0 spiro atoms. The third kappa shape index (κ3) is 14.0. The number of aromatic amines is 1. The number of carbonyl (C=O) groups excluding carboxylic acids is 4. The van der Waals surface area contributed by atoms with Crippen LogP contribution < -0.4 is 33.1 Å². The fourth-order valence-electron chi connectivity index (χ4n) is 7.31. The van der Waals surface area contributed by atoms with Gasteiger partial charge in [0.25, 0.3) is 11.1 Å². The molecule has 8 heterocycles. The van der Waals surface area contributed by atoms with Gasteiger partial charge in [0.2, 0.25) is 23.5 Å². The van der Waals surface area contributed by atoms with Crippen LogP contribution in [0.25, 0.3) is 44.8 Å². The number of halogens is 7. The molecule has 2 atom stereocenters. The topological polar surface area (TPSA) is 304 Å². The van der Waals surface area contributed by atoms with Crippen molar-refractivity contribution in [1.29, 1.82) is 0 Å². The molecule has 8 aromatic heterocycles. The lowest BCUT2D eigenvalue weighted by atomic mass is 10.2. The fourth-order valence-corrected chi connectivity index (χ4v) is 7.59. The maximum Gasteiger partial charge on any atom is 0.451 e. The van der Waals surface area contributed by atoms with E-state index in [1.54, 1.807) is 13.0 Å². The lowest BCUT2D eigenvalue weighted by molar-refractivity contribution is -0.145. The van der Waals surface area contributed by atoms with E-state index in [1.807, 2.05) is 6.92 Å². The van der Waals surface area contributed by atoms with Crippen LogP contribution in [-0.2, 0) is 52.2 Å². The van der Waals surface area contributed by atoms with E-state index in [-0.39, 0.29) is 68.7 Å². The number of aryl methyl sites for hydroxylation is 2. The van der Waals surface area contributed by atoms with Crippen molar-refractivity contribution in [3.05, 3.63) is 127 Å². The molecular weight excluding hydrogens is 1120 g/mol. The normalized spacial score (nSPS) is 12.2. The summed E-state index contributed by atoms with van der Waals surface area (Å²) >= 11 is 3.07. The van der Waals surface area contributed by atoms with Gasteiger partial charge in [-0.05, 0) is 51.0 Å². The first-order chi connectivity index (χ1) is 37.3. The number of nitrogens with zero attached hydrogens (tertiary/aromatic N) is 13. The maximum absolute atomic E-state index is 13.2. The van der Waals surface area contributed by atoms with Crippen LogP contribution in [0.15, 0.2) is 93.0 Å². The van der Waals surface area contributed by atoms with Gasteiger partial charge in [0.1, 0.15) is 29.5 Å². The minimum atomic E-state index is -4.68. The number of ketones is 2. The number of aromatic nitrogens is 14. The van der Waals surface area contributed by atoms with Crippen LogP contribution in [0.2, 0.25) is 0 Å². The highest BCUT2D eigenvalue weighted by Gasteiger charge is 2.35. The van der Waals surface area contributed by atoms with Gasteiger partial charge in [-0.15, -0.1) is 0 Å². The molecule has 0 aliphatic heterocycles. The third-order valence-corrected chi connectivity index (χ3v) is 12.1. The molecule has 0 saturated heterocycles. The Kier molecular flexibility index (Phi) is 18.8. The molecule has 24 nitrogen and oxygen atoms in total. The summed E-state index contributed by atoms with van der Waals surface area (Å²) in [5, 5.41) is 5.70. The first-order valence-corrected chi connectivity index (χ1v) is 24.7. The number of carbonyl (C=O) groups is 4. The van der Waals surface area contributed by atoms with Crippen LogP contribution in [0.3, 0.4) is 0 Å². The molecule has 0 bridgehead atoms. The molecule has 0 aliphatic carbocycles. The lowest BCUT2D eigenvalue weighted by Gasteiger charge is -2.15. The van der Waals surface area contributed by atoms with Gasteiger partial charge in [0.05, 0.1) is 35.9 Å². The summed E-state index contributed by atoms with van der Waals surface area (Å²) in [6.07, 6.45) is -0.460. The maximum atomic E-state index is 13.2. The van der Waals surface area contributed by atoms with Gasteiger partial charge >= 0.3 is 23.7 Å². The number of hydrogen-bond acceptors (Lipinski definition) is 16. The highest BCUT2D eigenvalue weighted by atomic mass is 79.9. The molecule has 79 heavy (non-hydrogen) atoms. The van der Waals surface area contributed by atoms with Crippen molar-refractivity contribution >= 4 is 73.3 Å². The van der Waals surface area contributed by atoms with Crippen molar-refractivity contribution in [1.82, 2.24) is 67.7 Å². The summed E-state index contributed by atoms with van der Waals surface area (Å²) < 4.78 is 81.9. The average molecular weight is 1170 g/mol. The Hall–Kier alpha value is -8.90. The summed E-state index contributed by atoms with van der Waals surface area (Å²) in [5.41, 5.74) is -1.72. The number of fused-ring (bicyclic) bond motifs is 2. The highest BCUT2D eigenvalue weighted by Crippen LogP contribution is 2.29.